The summed E-state index contributed by atoms with van der Waals surface area (Å²) in [4.78, 5) is 4.26. The molecule has 2 aromatic heterocycles. The molecule has 3 aromatic rings. The zero-order valence-corrected chi connectivity index (χ0v) is 12.5. The molecule has 2 heterocycles. The van der Waals surface area contributed by atoms with Gasteiger partial charge in [0.1, 0.15) is 11.6 Å². The van der Waals surface area contributed by atoms with E-state index in [2.05, 4.69) is 15.2 Å². The minimum atomic E-state index is -0.298. The number of halogens is 1. The molecule has 0 saturated carbocycles. The lowest BCUT2D eigenvalue weighted by Crippen LogP contribution is -1.98. The van der Waals surface area contributed by atoms with Gasteiger partial charge in [-0.15, -0.1) is 10.2 Å². The van der Waals surface area contributed by atoms with Gasteiger partial charge in [0.2, 0.25) is 0 Å². The van der Waals surface area contributed by atoms with Gasteiger partial charge in [0, 0.05) is 26.5 Å². The molecule has 0 aliphatic rings. The molecule has 21 heavy (non-hydrogen) atoms. The molecular weight excluding hydrogens is 289 g/mol. The lowest BCUT2D eigenvalue weighted by Gasteiger charge is -2.05. The second-order valence-electron chi connectivity index (χ2n) is 4.59. The number of rotatable bonds is 4. The van der Waals surface area contributed by atoms with E-state index in [1.54, 1.807) is 29.0 Å². The van der Waals surface area contributed by atoms with Crippen molar-refractivity contribution in [1.82, 2.24) is 24.3 Å². The molecule has 0 aliphatic carbocycles. The smallest absolute Gasteiger partial charge is 0.191 e. The van der Waals surface area contributed by atoms with E-state index < -0.39 is 0 Å². The van der Waals surface area contributed by atoms with Crippen LogP contribution in [0, 0.1) is 5.82 Å². The fourth-order valence-corrected chi connectivity index (χ4v) is 2.90. The van der Waals surface area contributed by atoms with Gasteiger partial charge in [0.05, 0.1) is 11.3 Å². The Labute approximate surface area is 125 Å². The van der Waals surface area contributed by atoms with Crippen molar-refractivity contribution in [3.63, 3.8) is 0 Å². The van der Waals surface area contributed by atoms with Crippen LogP contribution in [0.3, 0.4) is 0 Å². The topological polar surface area (TPSA) is 48.5 Å². The monoisotopic (exact) mass is 303 g/mol. The first-order valence-electron chi connectivity index (χ1n) is 6.40. The van der Waals surface area contributed by atoms with Crippen molar-refractivity contribution in [3.8, 4) is 11.4 Å². The standard InChI is InChI=1S/C14H14FN5S/c1-19-8-7-16-12(19)9-21-14-18-17-13(20(14)2)10-5-3-4-6-11(10)15/h3-8H,9H2,1-2H3. The second kappa shape index (κ2) is 5.69. The Morgan fingerprint density at radius 3 is 2.71 bits per heavy atom. The van der Waals surface area contributed by atoms with Gasteiger partial charge >= 0.3 is 0 Å². The number of aryl methyl sites for hydroxylation is 1. The fraction of sp³-hybridized carbons (Fsp3) is 0.214. The summed E-state index contributed by atoms with van der Waals surface area (Å²) in [5.74, 6) is 1.87. The summed E-state index contributed by atoms with van der Waals surface area (Å²) in [7, 11) is 3.78. The average molecular weight is 303 g/mol. The molecule has 0 aliphatic heterocycles. The van der Waals surface area contributed by atoms with Crippen LogP contribution in [0.25, 0.3) is 11.4 Å². The number of thioether (sulfide) groups is 1. The van der Waals surface area contributed by atoms with Crippen LogP contribution >= 0.6 is 11.8 Å². The maximum Gasteiger partial charge on any atom is 0.191 e. The summed E-state index contributed by atoms with van der Waals surface area (Å²) in [6.45, 7) is 0. The molecule has 0 saturated heterocycles. The zero-order valence-electron chi connectivity index (χ0n) is 11.7. The van der Waals surface area contributed by atoms with Crippen molar-refractivity contribution in [2.75, 3.05) is 0 Å². The van der Waals surface area contributed by atoms with Crippen LogP contribution in [0.4, 0.5) is 4.39 Å². The number of hydrogen-bond acceptors (Lipinski definition) is 4. The summed E-state index contributed by atoms with van der Waals surface area (Å²) >= 11 is 1.52. The number of aromatic nitrogens is 5. The van der Waals surface area contributed by atoms with Crippen molar-refractivity contribution >= 4 is 11.8 Å². The van der Waals surface area contributed by atoms with Gasteiger partial charge in [-0.1, -0.05) is 23.9 Å². The van der Waals surface area contributed by atoms with Gasteiger partial charge in [0.15, 0.2) is 11.0 Å². The molecule has 7 heteroatoms. The third-order valence-electron chi connectivity index (χ3n) is 3.20. The van der Waals surface area contributed by atoms with E-state index in [9.17, 15) is 4.39 Å². The van der Waals surface area contributed by atoms with Crippen molar-refractivity contribution < 1.29 is 4.39 Å². The van der Waals surface area contributed by atoms with E-state index in [-0.39, 0.29) is 5.82 Å². The van der Waals surface area contributed by atoms with Crippen molar-refractivity contribution in [3.05, 3.63) is 48.3 Å². The Balaban J connectivity index is 1.83. The first-order chi connectivity index (χ1) is 10.2. The van der Waals surface area contributed by atoms with Gasteiger partial charge in [-0.25, -0.2) is 9.37 Å². The molecule has 5 nitrogen and oxygen atoms in total. The van der Waals surface area contributed by atoms with Gasteiger partial charge in [-0.3, -0.25) is 0 Å². The molecule has 0 atom stereocenters. The first-order valence-corrected chi connectivity index (χ1v) is 7.38. The highest BCUT2D eigenvalue weighted by atomic mass is 32.2. The molecule has 0 radical (unpaired) electrons. The maximum absolute atomic E-state index is 13.8. The number of imidazole rings is 1. The largest absolute Gasteiger partial charge is 0.337 e. The lowest BCUT2D eigenvalue weighted by atomic mass is 10.2. The van der Waals surface area contributed by atoms with E-state index >= 15 is 0 Å². The van der Waals surface area contributed by atoms with E-state index in [4.69, 9.17) is 0 Å². The fourth-order valence-electron chi connectivity index (χ4n) is 1.98. The SMILES string of the molecule is Cn1ccnc1CSc1nnc(-c2ccccc2F)n1C. The average Bonchev–Trinajstić information content (AvgIpc) is 3.04. The quantitative estimate of drug-likeness (QED) is 0.695. The molecule has 3 rings (SSSR count). The van der Waals surface area contributed by atoms with E-state index in [1.165, 1.54) is 17.8 Å². The van der Waals surface area contributed by atoms with Crippen LogP contribution in [-0.2, 0) is 19.8 Å². The van der Waals surface area contributed by atoms with E-state index in [0.717, 1.165) is 11.0 Å². The van der Waals surface area contributed by atoms with Crippen LogP contribution in [0.15, 0.2) is 41.8 Å². The van der Waals surface area contributed by atoms with Crippen LogP contribution in [0.1, 0.15) is 5.82 Å². The molecule has 0 unspecified atom stereocenters. The third kappa shape index (κ3) is 2.69. The summed E-state index contributed by atoms with van der Waals surface area (Å²) < 4.78 is 17.6. The van der Waals surface area contributed by atoms with Crippen LogP contribution in [0.5, 0.6) is 0 Å². The van der Waals surface area contributed by atoms with Gasteiger partial charge in [0.25, 0.3) is 0 Å². The van der Waals surface area contributed by atoms with Crippen LogP contribution < -0.4 is 0 Å². The number of nitrogens with zero attached hydrogens (tertiary/aromatic N) is 5. The Morgan fingerprint density at radius 1 is 1.19 bits per heavy atom. The minimum Gasteiger partial charge on any atom is -0.337 e. The highest BCUT2D eigenvalue weighted by molar-refractivity contribution is 7.98. The Bertz CT molecular complexity index is 764. The molecule has 0 bridgehead atoms. The van der Waals surface area contributed by atoms with Gasteiger partial charge < -0.3 is 9.13 Å². The molecule has 0 spiro atoms. The molecule has 1 aromatic carbocycles. The predicted octanol–water partition coefficient (Wildman–Crippen LogP) is 2.65. The number of hydrogen-bond donors (Lipinski definition) is 0. The van der Waals surface area contributed by atoms with Crippen molar-refractivity contribution in [1.29, 1.82) is 0 Å². The van der Waals surface area contributed by atoms with Crippen molar-refractivity contribution in [2.24, 2.45) is 14.1 Å². The lowest BCUT2D eigenvalue weighted by molar-refractivity contribution is 0.628. The summed E-state index contributed by atoms with van der Waals surface area (Å²) in [5.41, 5.74) is 0.455. The zero-order chi connectivity index (χ0) is 14.8. The Hall–Kier alpha value is -2.15. The highest BCUT2D eigenvalue weighted by Gasteiger charge is 2.14. The predicted molar refractivity (Wildman–Crippen MR) is 79.2 cm³/mol. The normalized spacial score (nSPS) is 11.0. The second-order valence-corrected chi connectivity index (χ2v) is 5.53. The highest BCUT2D eigenvalue weighted by Crippen LogP contribution is 2.26. The van der Waals surface area contributed by atoms with Crippen LogP contribution in [0.2, 0.25) is 0 Å². The summed E-state index contributed by atoms with van der Waals surface area (Å²) in [6.07, 6.45) is 3.66. The molecule has 0 fully saturated rings. The molecule has 0 N–H and O–H groups in total. The Kier molecular flexibility index (Phi) is 3.74. The van der Waals surface area contributed by atoms with Crippen molar-refractivity contribution in [2.45, 2.75) is 10.9 Å². The van der Waals surface area contributed by atoms with Gasteiger partial charge in [-0.05, 0) is 12.1 Å². The summed E-state index contributed by atoms with van der Waals surface area (Å²) in [5, 5.41) is 8.96. The molecule has 0 amide bonds. The summed E-state index contributed by atoms with van der Waals surface area (Å²) in [6, 6.07) is 6.57. The molecular formula is C14H14FN5S. The third-order valence-corrected chi connectivity index (χ3v) is 4.22. The minimum absolute atomic E-state index is 0.298. The number of benzene rings is 1. The van der Waals surface area contributed by atoms with Crippen LogP contribution in [-0.4, -0.2) is 24.3 Å². The first kappa shape index (κ1) is 13.8. The maximum atomic E-state index is 13.8. The van der Waals surface area contributed by atoms with Gasteiger partial charge in [-0.2, -0.15) is 0 Å². The Morgan fingerprint density at radius 2 is 2.00 bits per heavy atom. The van der Waals surface area contributed by atoms with E-state index in [0.29, 0.717) is 17.1 Å². The van der Waals surface area contributed by atoms with E-state index in [1.807, 2.05) is 24.9 Å². The molecule has 108 valence electrons.